The van der Waals surface area contributed by atoms with E-state index in [1.54, 1.807) is 31.3 Å². The Morgan fingerprint density at radius 1 is 1.32 bits per heavy atom. The summed E-state index contributed by atoms with van der Waals surface area (Å²) in [7, 11) is 1.50. The summed E-state index contributed by atoms with van der Waals surface area (Å²) in [4.78, 5) is 30.1. The van der Waals surface area contributed by atoms with E-state index in [4.69, 9.17) is 10.5 Å². The SMILES string of the molecule is COCC(C)NC(=O)c1c(O)c2ncc(Cc3ccc(F)cc3)cc2n(CCN)c1=O. The first kappa shape index (κ1) is 22.4. The van der Waals surface area contributed by atoms with Gasteiger partial charge in [0.05, 0.1) is 12.1 Å². The molecule has 0 saturated carbocycles. The molecule has 1 amide bonds. The Kier molecular flexibility index (Phi) is 6.98. The largest absolute Gasteiger partial charge is 0.505 e. The van der Waals surface area contributed by atoms with Crippen molar-refractivity contribution in [2.24, 2.45) is 5.73 Å². The van der Waals surface area contributed by atoms with Crippen LogP contribution in [0.25, 0.3) is 11.0 Å². The van der Waals surface area contributed by atoms with E-state index in [2.05, 4.69) is 10.3 Å². The molecule has 164 valence electrons. The van der Waals surface area contributed by atoms with Crippen LogP contribution in [0.5, 0.6) is 5.75 Å². The van der Waals surface area contributed by atoms with E-state index in [-0.39, 0.29) is 42.6 Å². The van der Waals surface area contributed by atoms with Gasteiger partial charge in [-0.2, -0.15) is 0 Å². The monoisotopic (exact) mass is 428 g/mol. The Morgan fingerprint density at radius 2 is 2.03 bits per heavy atom. The number of hydrogen-bond donors (Lipinski definition) is 3. The number of halogens is 1. The number of nitrogens with one attached hydrogen (secondary N) is 1. The number of nitrogens with zero attached hydrogens (tertiary/aromatic N) is 2. The molecule has 1 atom stereocenters. The van der Waals surface area contributed by atoms with Crippen molar-refractivity contribution in [2.45, 2.75) is 25.9 Å². The van der Waals surface area contributed by atoms with Crippen LogP contribution in [0, 0.1) is 5.82 Å². The van der Waals surface area contributed by atoms with Gasteiger partial charge in [0.1, 0.15) is 16.9 Å². The van der Waals surface area contributed by atoms with Crippen molar-refractivity contribution in [1.29, 1.82) is 0 Å². The summed E-state index contributed by atoms with van der Waals surface area (Å²) in [5, 5.41) is 13.3. The molecule has 0 aliphatic carbocycles. The molecule has 2 heterocycles. The lowest BCUT2D eigenvalue weighted by molar-refractivity contribution is 0.0901. The molecule has 0 bridgehead atoms. The summed E-state index contributed by atoms with van der Waals surface area (Å²) < 4.78 is 19.5. The number of fused-ring (bicyclic) bond motifs is 1. The smallest absolute Gasteiger partial charge is 0.267 e. The highest BCUT2D eigenvalue weighted by Crippen LogP contribution is 2.26. The van der Waals surface area contributed by atoms with Crippen LogP contribution in [0.2, 0.25) is 0 Å². The normalized spacial score (nSPS) is 12.1. The van der Waals surface area contributed by atoms with Gasteiger partial charge in [-0.25, -0.2) is 4.39 Å². The predicted octanol–water partition coefficient (Wildman–Crippen LogP) is 1.56. The molecule has 8 nitrogen and oxygen atoms in total. The first-order valence-electron chi connectivity index (χ1n) is 9.84. The van der Waals surface area contributed by atoms with Crippen LogP contribution < -0.4 is 16.6 Å². The Hall–Kier alpha value is -3.30. The van der Waals surface area contributed by atoms with Gasteiger partial charge in [0, 0.05) is 32.4 Å². The summed E-state index contributed by atoms with van der Waals surface area (Å²) >= 11 is 0. The molecule has 2 aromatic heterocycles. The molecule has 0 saturated heterocycles. The first-order chi connectivity index (χ1) is 14.8. The topological polar surface area (TPSA) is 119 Å². The zero-order valence-electron chi connectivity index (χ0n) is 17.4. The molecule has 0 aliphatic heterocycles. The van der Waals surface area contributed by atoms with E-state index < -0.39 is 17.2 Å². The minimum Gasteiger partial charge on any atom is -0.505 e. The number of benzene rings is 1. The van der Waals surface area contributed by atoms with E-state index in [0.717, 1.165) is 11.1 Å². The number of methoxy groups -OCH3 is 1. The summed E-state index contributed by atoms with van der Waals surface area (Å²) in [5.41, 5.74) is 6.76. The van der Waals surface area contributed by atoms with E-state index in [9.17, 15) is 19.1 Å². The van der Waals surface area contributed by atoms with Gasteiger partial charge in [-0.15, -0.1) is 0 Å². The maximum atomic E-state index is 13.2. The van der Waals surface area contributed by atoms with E-state index in [1.165, 1.54) is 23.8 Å². The number of carbonyl (C=O) groups excluding carboxylic acids is 1. The Bertz CT molecular complexity index is 1140. The van der Waals surface area contributed by atoms with Gasteiger partial charge in [0.25, 0.3) is 11.5 Å². The van der Waals surface area contributed by atoms with Gasteiger partial charge in [-0.3, -0.25) is 14.6 Å². The number of ether oxygens (including phenoxy) is 1. The molecule has 4 N–H and O–H groups in total. The number of carbonyl (C=O) groups is 1. The minimum atomic E-state index is -0.711. The molecule has 9 heteroatoms. The lowest BCUT2D eigenvalue weighted by Gasteiger charge is -2.17. The number of amides is 1. The minimum absolute atomic E-state index is 0.125. The van der Waals surface area contributed by atoms with Crippen molar-refractivity contribution in [3.8, 4) is 5.75 Å². The quantitative estimate of drug-likeness (QED) is 0.501. The fraction of sp³-hybridized carbons (Fsp3) is 0.318. The Labute approximate surface area is 178 Å². The molecule has 0 radical (unpaired) electrons. The second kappa shape index (κ2) is 9.67. The van der Waals surface area contributed by atoms with E-state index in [0.29, 0.717) is 11.9 Å². The average Bonchev–Trinajstić information content (AvgIpc) is 2.73. The third-order valence-electron chi connectivity index (χ3n) is 4.83. The van der Waals surface area contributed by atoms with Crippen molar-refractivity contribution >= 4 is 16.9 Å². The molecule has 3 aromatic rings. The third-order valence-corrected chi connectivity index (χ3v) is 4.83. The van der Waals surface area contributed by atoms with Crippen LogP contribution in [0.15, 0.2) is 41.3 Å². The number of pyridine rings is 2. The standard InChI is InChI=1S/C22H25FN4O4/c1-13(12-31-2)26-21(29)18-20(28)19-17(27(8-7-24)22(18)30)10-15(11-25-19)9-14-3-5-16(23)6-4-14/h3-6,10-11,13,28H,7-9,12,24H2,1-2H3,(H,26,29). The van der Waals surface area contributed by atoms with Gasteiger partial charge < -0.3 is 25.5 Å². The van der Waals surface area contributed by atoms with Crippen LogP contribution in [0.1, 0.15) is 28.4 Å². The molecule has 1 aromatic carbocycles. The van der Waals surface area contributed by atoms with Crippen LogP contribution in [0.3, 0.4) is 0 Å². The van der Waals surface area contributed by atoms with Crippen molar-refractivity contribution < 1.29 is 19.0 Å². The average molecular weight is 428 g/mol. The number of hydrogen-bond acceptors (Lipinski definition) is 6. The molecular formula is C22H25FN4O4. The van der Waals surface area contributed by atoms with Crippen molar-refractivity contribution in [2.75, 3.05) is 20.3 Å². The van der Waals surface area contributed by atoms with Gasteiger partial charge in [0.15, 0.2) is 5.75 Å². The summed E-state index contributed by atoms with van der Waals surface area (Å²) in [6, 6.07) is 7.43. The highest BCUT2D eigenvalue weighted by atomic mass is 19.1. The van der Waals surface area contributed by atoms with Gasteiger partial charge in [-0.05, 0) is 42.7 Å². The Balaban J connectivity index is 2.07. The van der Waals surface area contributed by atoms with E-state index in [1.807, 2.05) is 0 Å². The number of rotatable bonds is 8. The second-order valence-electron chi connectivity index (χ2n) is 7.31. The lowest BCUT2D eigenvalue weighted by atomic mass is 10.1. The molecular weight excluding hydrogens is 403 g/mol. The number of nitrogens with two attached hydrogens (primary N) is 1. The van der Waals surface area contributed by atoms with Crippen molar-refractivity contribution in [1.82, 2.24) is 14.9 Å². The zero-order chi connectivity index (χ0) is 22.5. The maximum Gasteiger partial charge on any atom is 0.267 e. The second-order valence-corrected chi connectivity index (χ2v) is 7.31. The lowest BCUT2D eigenvalue weighted by Crippen LogP contribution is -2.40. The summed E-state index contributed by atoms with van der Waals surface area (Å²) in [6.07, 6.45) is 2.01. The first-order valence-corrected chi connectivity index (χ1v) is 9.84. The van der Waals surface area contributed by atoms with E-state index >= 15 is 0 Å². The summed E-state index contributed by atoms with van der Waals surface area (Å²) in [6.45, 7) is 2.27. The van der Waals surface area contributed by atoms with Gasteiger partial charge in [0.2, 0.25) is 0 Å². The van der Waals surface area contributed by atoms with Gasteiger partial charge in [-0.1, -0.05) is 12.1 Å². The van der Waals surface area contributed by atoms with Crippen LogP contribution in [-0.2, 0) is 17.7 Å². The molecule has 0 spiro atoms. The molecule has 0 fully saturated rings. The third kappa shape index (κ3) is 4.89. The number of aromatic hydroxyl groups is 1. The van der Waals surface area contributed by atoms with Crippen LogP contribution in [0.4, 0.5) is 4.39 Å². The molecule has 0 aliphatic rings. The van der Waals surface area contributed by atoms with Crippen LogP contribution >= 0.6 is 0 Å². The van der Waals surface area contributed by atoms with Gasteiger partial charge >= 0.3 is 0 Å². The fourth-order valence-corrected chi connectivity index (χ4v) is 3.43. The van der Waals surface area contributed by atoms with Crippen LogP contribution in [-0.4, -0.2) is 46.9 Å². The maximum absolute atomic E-state index is 13.2. The predicted molar refractivity (Wildman–Crippen MR) is 115 cm³/mol. The Morgan fingerprint density at radius 3 is 2.68 bits per heavy atom. The highest BCUT2D eigenvalue weighted by Gasteiger charge is 2.24. The summed E-state index contributed by atoms with van der Waals surface area (Å²) in [5.74, 6) is -1.52. The molecule has 3 rings (SSSR count). The zero-order valence-corrected chi connectivity index (χ0v) is 17.4. The fourth-order valence-electron chi connectivity index (χ4n) is 3.43. The van der Waals surface area contributed by atoms with Crippen molar-refractivity contribution in [3.05, 3.63) is 69.4 Å². The molecule has 1 unspecified atom stereocenters. The van der Waals surface area contributed by atoms with Crippen molar-refractivity contribution in [3.63, 3.8) is 0 Å². The highest BCUT2D eigenvalue weighted by molar-refractivity contribution is 6.01. The number of aromatic nitrogens is 2. The molecule has 31 heavy (non-hydrogen) atoms.